The molecule has 1 heterocycles. The van der Waals surface area contributed by atoms with Crippen LogP contribution in [-0.2, 0) is 0 Å². The monoisotopic (exact) mass is 200 g/mol. The van der Waals surface area contributed by atoms with Gasteiger partial charge in [0.05, 0.1) is 5.71 Å². The first-order valence-electron chi connectivity index (χ1n) is 5.38. The van der Waals surface area contributed by atoms with Crippen molar-refractivity contribution in [1.29, 1.82) is 0 Å². The Balaban J connectivity index is 2.45. The standard InChI is InChI=1S/C13H16N2/c1-9(2)11-5-4-6-12(10(11)3)13-7-8-14-15-13/h4-6,8-9H,7H2,1-3H3. The fourth-order valence-corrected chi connectivity index (χ4v) is 2.03. The van der Waals surface area contributed by atoms with Gasteiger partial charge < -0.3 is 0 Å². The smallest absolute Gasteiger partial charge is 0.0759 e. The van der Waals surface area contributed by atoms with E-state index in [9.17, 15) is 0 Å². The molecule has 0 saturated heterocycles. The molecule has 1 aromatic carbocycles. The summed E-state index contributed by atoms with van der Waals surface area (Å²) in [6.07, 6.45) is 2.72. The second-order valence-corrected chi connectivity index (χ2v) is 4.22. The molecule has 2 rings (SSSR count). The summed E-state index contributed by atoms with van der Waals surface area (Å²) in [7, 11) is 0. The van der Waals surface area contributed by atoms with Gasteiger partial charge in [-0.25, -0.2) is 0 Å². The molecule has 2 nitrogen and oxygen atoms in total. The van der Waals surface area contributed by atoms with Crippen molar-refractivity contribution in [3.8, 4) is 0 Å². The maximum absolute atomic E-state index is 4.15. The van der Waals surface area contributed by atoms with Crippen LogP contribution in [0.2, 0.25) is 0 Å². The zero-order valence-electron chi connectivity index (χ0n) is 9.49. The molecular weight excluding hydrogens is 184 g/mol. The average molecular weight is 200 g/mol. The van der Waals surface area contributed by atoms with Crippen LogP contribution < -0.4 is 0 Å². The van der Waals surface area contributed by atoms with E-state index in [4.69, 9.17) is 0 Å². The number of hydrogen-bond acceptors (Lipinski definition) is 2. The molecular formula is C13H16N2. The van der Waals surface area contributed by atoms with Crippen LogP contribution in [0, 0.1) is 6.92 Å². The predicted molar refractivity (Wildman–Crippen MR) is 64.9 cm³/mol. The molecule has 78 valence electrons. The third kappa shape index (κ3) is 1.84. The van der Waals surface area contributed by atoms with Crippen molar-refractivity contribution in [2.45, 2.75) is 33.1 Å². The largest absolute Gasteiger partial charge is 0.163 e. The first kappa shape index (κ1) is 10.1. The van der Waals surface area contributed by atoms with Crippen molar-refractivity contribution in [1.82, 2.24) is 0 Å². The second kappa shape index (κ2) is 3.97. The molecule has 0 aliphatic carbocycles. The highest BCUT2D eigenvalue weighted by Crippen LogP contribution is 2.23. The van der Waals surface area contributed by atoms with Crippen molar-refractivity contribution >= 4 is 11.9 Å². The molecule has 15 heavy (non-hydrogen) atoms. The molecule has 1 aliphatic rings. The van der Waals surface area contributed by atoms with Crippen LogP contribution in [-0.4, -0.2) is 11.9 Å². The number of nitrogens with zero attached hydrogens (tertiary/aromatic N) is 2. The lowest BCUT2D eigenvalue weighted by molar-refractivity contribution is 0.856. The summed E-state index contributed by atoms with van der Waals surface area (Å²) in [5, 5.41) is 8.07. The lowest BCUT2D eigenvalue weighted by Crippen LogP contribution is -2.04. The Bertz CT molecular complexity index is 428. The molecule has 1 aliphatic heterocycles. The topological polar surface area (TPSA) is 24.7 Å². The first-order valence-corrected chi connectivity index (χ1v) is 5.38. The number of hydrogen-bond donors (Lipinski definition) is 0. The zero-order valence-corrected chi connectivity index (χ0v) is 9.49. The summed E-state index contributed by atoms with van der Waals surface area (Å²) >= 11 is 0. The third-order valence-electron chi connectivity index (χ3n) is 2.85. The fourth-order valence-electron chi connectivity index (χ4n) is 2.03. The van der Waals surface area contributed by atoms with Gasteiger partial charge in [0.1, 0.15) is 0 Å². The summed E-state index contributed by atoms with van der Waals surface area (Å²) < 4.78 is 0. The van der Waals surface area contributed by atoms with Crippen LogP contribution in [0.25, 0.3) is 0 Å². The first-order chi connectivity index (χ1) is 7.20. The molecule has 0 fully saturated rings. The molecule has 0 unspecified atom stereocenters. The van der Waals surface area contributed by atoms with Crippen molar-refractivity contribution in [3.63, 3.8) is 0 Å². The molecule has 0 radical (unpaired) electrons. The van der Waals surface area contributed by atoms with Gasteiger partial charge in [0.15, 0.2) is 0 Å². The van der Waals surface area contributed by atoms with Crippen LogP contribution in [0.1, 0.15) is 42.9 Å². The van der Waals surface area contributed by atoms with E-state index in [1.807, 2.05) is 6.21 Å². The van der Waals surface area contributed by atoms with Crippen LogP contribution in [0.3, 0.4) is 0 Å². The second-order valence-electron chi connectivity index (χ2n) is 4.22. The molecule has 0 aromatic heterocycles. The summed E-state index contributed by atoms with van der Waals surface area (Å²) in [5.41, 5.74) is 5.09. The van der Waals surface area contributed by atoms with Gasteiger partial charge >= 0.3 is 0 Å². The van der Waals surface area contributed by atoms with Gasteiger partial charge in [0.2, 0.25) is 0 Å². The molecule has 2 heteroatoms. The van der Waals surface area contributed by atoms with E-state index in [2.05, 4.69) is 49.2 Å². The molecule has 0 bridgehead atoms. The minimum atomic E-state index is 0.563. The quantitative estimate of drug-likeness (QED) is 0.699. The van der Waals surface area contributed by atoms with Gasteiger partial charge in [-0.2, -0.15) is 10.2 Å². The Morgan fingerprint density at radius 2 is 2.07 bits per heavy atom. The van der Waals surface area contributed by atoms with Gasteiger partial charge in [-0.3, -0.25) is 0 Å². The predicted octanol–water partition coefficient (Wildman–Crippen LogP) is 3.30. The molecule has 1 aromatic rings. The van der Waals surface area contributed by atoms with Crippen molar-refractivity contribution in [3.05, 3.63) is 34.9 Å². The number of rotatable bonds is 2. The van der Waals surface area contributed by atoms with Crippen LogP contribution in [0.15, 0.2) is 28.4 Å². The Hall–Kier alpha value is -1.44. The minimum Gasteiger partial charge on any atom is -0.163 e. The lowest BCUT2D eigenvalue weighted by atomic mass is 9.92. The Labute approximate surface area is 90.7 Å². The van der Waals surface area contributed by atoms with E-state index in [1.54, 1.807) is 0 Å². The summed E-state index contributed by atoms with van der Waals surface area (Å²) in [6.45, 7) is 6.61. The van der Waals surface area contributed by atoms with Gasteiger partial charge in [-0.1, -0.05) is 32.0 Å². The lowest BCUT2D eigenvalue weighted by Gasteiger charge is -2.13. The molecule has 0 saturated carbocycles. The Kier molecular flexibility index (Phi) is 2.67. The summed E-state index contributed by atoms with van der Waals surface area (Å²) in [6, 6.07) is 6.44. The highest BCUT2D eigenvalue weighted by Gasteiger charge is 2.12. The third-order valence-corrected chi connectivity index (χ3v) is 2.85. The van der Waals surface area contributed by atoms with Crippen molar-refractivity contribution in [2.24, 2.45) is 10.2 Å². The van der Waals surface area contributed by atoms with Crippen LogP contribution in [0.5, 0.6) is 0 Å². The van der Waals surface area contributed by atoms with Crippen LogP contribution in [0.4, 0.5) is 0 Å². The van der Waals surface area contributed by atoms with Gasteiger partial charge in [0, 0.05) is 18.2 Å². The summed E-state index contributed by atoms with van der Waals surface area (Å²) in [4.78, 5) is 0. The molecule has 0 atom stereocenters. The molecule has 0 N–H and O–H groups in total. The fraction of sp³-hybridized carbons (Fsp3) is 0.385. The molecule has 0 amide bonds. The zero-order chi connectivity index (χ0) is 10.8. The maximum Gasteiger partial charge on any atom is 0.0759 e. The molecule has 0 spiro atoms. The van der Waals surface area contributed by atoms with Gasteiger partial charge in [-0.05, 0) is 24.0 Å². The normalized spacial score (nSPS) is 14.8. The van der Waals surface area contributed by atoms with E-state index in [0.717, 1.165) is 12.1 Å². The average Bonchev–Trinajstić information content (AvgIpc) is 2.70. The maximum atomic E-state index is 4.15. The van der Waals surface area contributed by atoms with Crippen molar-refractivity contribution < 1.29 is 0 Å². The number of benzene rings is 1. The SMILES string of the molecule is Cc1c(C2=NN=CC2)cccc1C(C)C. The van der Waals surface area contributed by atoms with E-state index in [-0.39, 0.29) is 0 Å². The highest BCUT2D eigenvalue weighted by molar-refractivity contribution is 6.10. The van der Waals surface area contributed by atoms with E-state index in [0.29, 0.717) is 5.92 Å². The van der Waals surface area contributed by atoms with Gasteiger partial charge in [-0.15, -0.1) is 0 Å². The van der Waals surface area contributed by atoms with Crippen LogP contribution >= 0.6 is 0 Å². The summed E-state index contributed by atoms with van der Waals surface area (Å²) in [5.74, 6) is 0.563. The Morgan fingerprint density at radius 3 is 2.67 bits per heavy atom. The highest BCUT2D eigenvalue weighted by atomic mass is 15.2. The minimum absolute atomic E-state index is 0.563. The van der Waals surface area contributed by atoms with Crippen molar-refractivity contribution in [2.75, 3.05) is 0 Å². The Morgan fingerprint density at radius 1 is 1.27 bits per heavy atom. The van der Waals surface area contributed by atoms with E-state index in [1.165, 1.54) is 16.7 Å². The van der Waals surface area contributed by atoms with E-state index < -0.39 is 0 Å². The van der Waals surface area contributed by atoms with Gasteiger partial charge in [0.25, 0.3) is 0 Å². The van der Waals surface area contributed by atoms with E-state index >= 15 is 0 Å².